The molecule has 3 nitrogen and oxygen atoms in total. The van der Waals surface area contributed by atoms with Crippen LogP contribution in [0, 0.1) is 0 Å². The molecule has 0 aromatic carbocycles. The molecule has 0 aromatic rings. The standard InChI is InChI=1S/C10H22NO2.BF4/c1-3-12-9-11(10-13-4-2)7-5-6-8-11;2-1(3,4)5/h3-10H2,1-2H3;/q+1;-1. The smallest absolute Gasteiger partial charge is 0.418 e. The highest BCUT2D eigenvalue weighted by Gasteiger charge is 2.31. The third kappa shape index (κ3) is 9.67. The molecule has 0 bridgehead atoms. The lowest BCUT2D eigenvalue weighted by atomic mass is 10.3. The lowest BCUT2D eigenvalue weighted by Crippen LogP contribution is -2.48. The Balaban J connectivity index is 0.000000494. The fourth-order valence-electron chi connectivity index (χ4n) is 1.87. The molecule has 8 heteroatoms. The van der Waals surface area contributed by atoms with Gasteiger partial charge in [-0.3, -0.25) is 4.48 Å². The van der Waals surface area contributed by atoms with E-state index in [0.717, 1.165) is 31.2 Å². The number of hydrogen-bond donors (Lipinski definition) is 0. The monoisotopic (exact) mass is 275 g/mol. The van der Waals surface area contributed by atoms with Crippen LogP contribution >= 0.6 is 0 Å². The number of halogens is 4. The molecular weight excluding hydrogens is 253 g/mol. The summed E-state index contributed by atoms with van der Waals surface area (Å²) in [5.41, 5.74) is 0. The number of hydrogen-bond acceptors (Lipinski definition) is 2. The van der Waals surface area contributed by atoms with Crippen molar-refractivity contribution in [3.05, 3.63) is 0 Å². The van der Waals surface area contributed by atoms with Gasteiger partial charge in [0.05, 0.1) is 13.1 Å². The fourth-order valence-corrected chi connectivity index (χ4v) is 1.87. The minimum atomic E-state index is -6.00. The highest BCUT2D eigenvalue weighted by atomic mass is 19.5. The Hall–Kier alpha value is -0.335. The summed E-state index contributed by atoms with van der Waals surface area (Å²) >= 11 is 0. The van der Waals surface area contributed by atoms with E-state index in [-0.39, 0.29) is 0 Å². The topological polar surface area (TPSA) is 18.5 Å². The van der Waals surface area contributed by atoms with E-state index in [1.165, 1.54) is 25.9 Å². The van der Waals surface area contributed by atoms with E-state index in [4.69, 9.17) is 9.47 Å². The Morgan fingerprint density at radius 1 is 0.889 bits per heavy atom. The highest BCUT2D eigenvalue weighted by molar-refractivity contribution is 6.50. The second-order valence-electron chi connectivity index (χ2n) is 4.23. The Morgan fingerprint density at radius 3 is 1.50 bits per heavy atom. The van der Waals surface area contributed by atoms with Gasteiger partial charge in [0.2, 0.25) is 0 Å². The summed E-state index contributed by atoms with van der Waals surface area (Å²) in [6.45, 7) is 9.83. The fraction of sp³-hybridized carbons (Fsp3) is 1.00. The molecule has 18 heavy (non-hydrogen) atoms. The molecule has 1 heterocycles. The van der Waals surface area contributed by atoms with Crippen molar-refractivity contribution < 1.29 is 31.2 Å². The van der Waals surface area contributed by atoms with Gasteiger partial charge in [0.1, 0.15) is 0 Å². The third-order valence-corrected chi connectivity index (χ3v) is 2.65. The first-order valence-corrected chi connectivity index (χ1v) is 6.21. The van der Waals surface area contributed by atoms with Crippen LogP contribution in [0.1, 0.15) is 26.7 Å². The molecule has 0 saturated carbocycles. The van der Waals surface area contributed by atoms with Gasteiger partial charge in [-0.25, -0.2) is 0 Å². The quantitative estimate of drug-likeness (QED) is 0.421. The van der Waals surface area contributed by atoms with Crippen molar-refractivity contribution in [2.75, 3.05) is 39.8 Å². The summed E-state index contributed by atoms with van der Waals surface area (Å²) in [5.74, 6) is 0. The highest BCUT2D eigenvalue weighted by Crippen LogP contribution is 2.19. The van der Waals surface area contributed by atoms with Gasteiger partial charge < -0.3 is 26.7 Å². The van der Waals surface area contributed by atoms with Crippen LogP contribution < -0.4 is 0 Å². The van der Waals surface area contributed by atoms with Crippen molar-refractivity contribution in [2.45, 2.75) is 26.7 Å². The van der Waals surface area contributed by atoms with Crippen molar-refractivity contribution in [2.24, 2.45) is 0 Å². The van der Waals surface area contributed by atoms with Gasteiger partial charge in [-0.2, -0.15) is 0 Å². The molecule has 0 radical (unpaired) electrons. The molecule has 110 valence electrons. The van der Waals surface area contributed by atoms with Gasteiger partial charge in [-0.15, -0.1) is 0 Å². The molecule has 0 atom stereocenters. The van der Waals surface area contributed by atoms with Gasteiger partial charge in [0.15, 0.2) is 13.5 Å². The zero-order valence-electron chi connectivity index (χ0n) is 11.0. The van der Waals surface area contributed by atoms with E-state index in [0.29, 0.717) is 0 Å². The Bertz CT molecular complexity index is 195. The zero-order valence-corrected chi connectivity index (χ0v) is 11.0. The third-order valence-electron chi connectivity index (χ3n) is 2.65. The molecule has 1 aliphatic heterocycles. The van der Waals surface area contributed by atoms with E-state index in [1.54, 1.807) is 0 Å². The number of ether oxygens (including phenoxy) is 2. The Kier molecular flexibility index (Phi) is 8.55. The van der Waals surface area contributed by atoms with Crippen LogP contribution in [0.25, 0.3) is 0 Å². The number of rotatable bonds is 6. The van der Waals surface area contributed by atoms with Crippen molar-refractivity contribution in [3.8, 4) is 0 Å². The zero-order chi connectivity index (χ0) is 14.1. The average Bonchev–Trinajstić information content (AvgIpc) is 2.71. The first kappa shape index (κ1) is 17.7. The van der Waals surface area contributed by atoms with Crippen molar-refractivity contribution in [3.63, 3.8) is 0 Å². The summed E-state index contributed by atoms with van der Waals surface area (Å²) in [6.07, 6.45) is 2.64. The largest absolute Gasteiger partial charge is 0.673 e. The summed E-state index contributed by atoms with van der Waals surface area (Å²) in [5, 5.41) is 0. The second-order valence-corrected chi connectivity index (χ2v) is 4.23. The minimum Gasteiger partial charge on any atom is -0.418 e. The molecule has 0 aromatic heterocycles. The molecule has 0 unspecified atom stereocenters. The summed E-state index contributed by atoms with van der Waals surface area (Å²) in [7, 11) is -6.00. The molecule has 0 spiro atoms. The normalized spacial score (nSPS) is 18.3. The van der Waals surface area contributed by atoms with Crippen molar-refractivity contribution in [1.29, 1.82) is 0 Å². The van der Waals surface area contributed by atoms with E-state index >= 15 is 0 Å². The van der Waals surface area contributed by atoms with Gasteiger partial charge in [-0.05, 0) is 13.8 Å². The van der Waals surface area contributed by atoms with Gasteiger partial charge in [0.25, 0.3) is 0 Å². The van der Waals surface area contributed by atoms with Crippen LogP contribution in [0.2, 0.25) is 0 Å². The number of nitrogens with zero attached hydrogens (tertiary/aromatic N) is 1. The van der Waals surface area contributed by atoms with Crippen LogP contribution in [0.4, 0.5) is 17.3 Å². The maximum absolute atomic E-state index is 9.75. The predicted molar refractivity (Wildman–Crippen MR) is 62.4 cm³/mol. The van der Waals surface area contributed by atoms with Gasteiger partial charge in [-0.1, -0.05) is 0 Å². The summed E-state index contributed by atoms with van der Waals surface area (Å²) < 4.78 is 51.0. The van der Waals surface area contributed by atoms with E-state index in [9.17, 15) is 17.3 Å². The first-order valence-electron chi connectivity index (χ1n) is 6.21. The maximum Gasteiger partial charge on any atom is 0.673 e. The average molecular weight is 275 g/mol. The van der Waals surface area contributed by atoms with Gasteiger partial charge in [0, 0.05) is 26.1 Å². The number of likely N-dealkylation sites (tertiary alicyclic amines) is 1. The molecule has 0 amide bonds. The second kappa shape index (κ2) is 8.71. The van der Waals surface area contributed by atoms with E-state index < -0.39 is 7.25 Å². The summed E-state index contributed by atoms with van der Waals surface area (Å²) in [6, 6.07) is 0. The molecule has 1 saturated heterocycles. The van der Waals surface area contributed by atoms with Crippen LogP contribution in [0.3, 0.4) is 0 Å². The van der Waals surface area contributed by atoms with E-state index in [1.807, 2.05) is 13.8 Å². The van der Waals surface area contributed by atoms with Gasteiger partial charge >= 0.3 is 7.25 Å². The molecule has 0 N–H and O–H groups in total. The molecule has 0 aliphatic carbocycles. The van der Waals surface area contributed by atoms with Crippen molar-refractivity contribution in [1.82, 2.24) is 0 Å². The SMILES string of the molecule is CCOC[N+]1(COCC)CCCC1.F[B-](F)(F)F. The molecule has 1 aliphatic rings. The summed E-state index contributed by atoms with van der Waals surface area (Å²) in [4.78, 5) is 0. The minimum absolute atomic E-state index is 0.812. The molecule has 1 rings (SSSR count). The van der Waals surface area contributed by atoms with Crippen LogP contribution in [0.15, 0.2) is 0 Å². The predicted octanol–water partition coefficient (Wildman–Crippen LogP) is 2.89. The lowest BCUT2D eigenvalue weighted by Gasteiger charge is -2.32. The van der Waals surface area contributed by atoms with Crippen molar-refractivity contribution >= 4 is 7.25 Å². The van der Waals surface area contributed by atoms with Crippen LogP contribution in [-0.2, 0) is 9.47 Å². The van der Waals surface area contributed by atoms with E-state index in [2.05, 4.69) is 0 Å². The van der Waals surface area contributed by atoms with Crippen LogP contribution in [0.5, 0.6) is 0 Å². The number of quaternary nitrogens is 1. The Labute approximate surface area is 106 Å². The maximum atomic E-state index is 9.75. The lowest BCUT2D eigenvalue weighted by molar-refractivity contribution is -0.952. The first-order chi connectivity index (χ1) is 8.33. The Morgan fingerprint density at radius 2 is 1.22 bits per heavy atom. The molecular formula is C10H22BF4NO2. The molecule has 1 fully saturated rings. The van der Waals surface area contributed by atoms with Crippen LogP contribution in [-0.4, -0.2) is 51.5 Å².